The first-order valence-corrected chi connectivity index (χ1v) is 11.9. The Morgan fingerprint density at radius 3 is 2.55 bits per heavy atom. The second kappa shape index (κ2) is 9.20. The number of aromatic nitrogens is 2. The van der Waals surface area contributed by atoms with E-state index in [9.17, 15) is 22.0 Å². The molecule has 0 saturated carbocycles. The van der Waals surface area contributed by atoms with Crippen LogP contribution in [0.3, 0.4) is 0 Å². The summed E-state index contributed by atoms with van der Waals surface area (Å²) in [7, 11) is -2.26. The summed E-state index contributed by atoms with van der Waals surface area (Å²) in [6, 6.07) is 9.80. The van der Waals surface area contributed by atoms with Gasteiger partial charge in [-0.05, 0) is 35.4 Å². The highest BCUT2D eigenvalue weighted by molar-refractivity contribution is 7.89. The number of sulfonamides is 1. The number of hydrogen-bond acceptors (Lipinski definition) is 4. The van der Waals surface area contributed by atoms with E-state index in [0.717, 1.165) is 0 Å². The second-order valence-electron chi connectivity index (χ2n) is 7.93. The van der Waals surface area contributed by atoms with Gasteiger partial charge in [-0.1, -0.05) is 29.8 Å². The number of nitrogens with one attached hydrogen (secondary N) is 1. The van der Waals surface area contributed by atoms with E-state index in [2.05, 4.69) is 10.3 Å². The first kappa shape index (κ1) is 23.3. The van der Waals surface area contributed by atoms with E-state index >= 15 is 0 Å². The van der Waals surface area contributed by atoms with Crippen LogP contribution in [0.25, 0.3) is 0 Å². The minimum absolute atomic E-state index is 0.0466. The van der Waals surface area contributed by atoms with Crippen LogP contribution in [0, 0.1) is 17.6 Å². The van der Waals surface area contributed by atoms with Crippen LogP contribution in [-0.2, 0) is 28.4 Å². The van der Waals surface area contributed by atoms with Crippen molar-refractivity contribution in [1.82, 2.24) is 19.2 Å². The summed E-state index contributed by atoms with van der Waals surface area (Å²) in [6.07, 6.45) is 2.78. The summed E-state index contributed by atoms with van der Waals surface area (Å²) in [5, 5.41) is 2.62. The monoisotopic (exact) mass is 494 g/mol. The van der Waals surface area contributed by atoms with Gasteiger partial charge in [0.05, 0.1) is 17.3 Å². The lowest BCUT2D eigenvalue weighted by Gasteiger charge is -2.18. The molecule has 1 aliphatic rings. The lowest BCUT2D eigenvalue weighted by Crippen LogP contribution is -2.35. The first-order valence-electron chi connectivity index (χ1n) is 10.1. The summed E-state index contributed by atoms with van der Waals surface area (Å²) in [6.45, 7) is 0.0838. The van der Waals surface area contributed by atoms with Crippen LogP contribution >= 0.6 is 11.6 Å². The Morgan fingerprint density at radius 2 is 1.91 bits per heavy atom. The van der Waals surface area contributed by atoms with Crippen molar-refractivity contribution in [3.05, 3.63) is 82.8 Å². The molecule has 11 heteroatoms. The van der Waals surface area contributed by atoms with Gasteiger partial charge in [0.25, 0.3) is 10.0 Å². The van der Waals surface area contributed by atoms with E-state index in [1.807, 2.05) is 0 Å². The summed E-state index contributed by atoms with van der Waals surface area (Å²) in [5.41, 5.74) is 1.25. The number of nitrogens with zero attached hydrogens (tertiary/aromatic N) is 3. The van der Waals surface area contributed by atoms with Crippen LogP contribution in [0.5, 0.6) is 0 Å². The maximum absolute atomic E-state index is 13.5. The third-order valence-electron chi connectivity index (χ3n) is 5.66. The van der Waals surface area contributed by atoms with Crippen LogP contribution in [0.1, 0.15) is 17.0 Å². The van der Waals surface area contributed by atoms with E-state index in [-0.39, 0.29) is 35.6 Å². The van der Waals surface area contributed by atoms with Gasteiger partial charge >= 0.3 is 0 Å². The number of aryl methyl sites for hydroxylation is 1. The highest BCUT2D eigenvalue weighted by Gasteiger charge is 2.44. The molecule has 7 nitrogen and oxygen atoms in total. The molecule has 0 radical (unpaired) electrons. The zero-order chi connectivity index (χ0) is 23.8. The zero-order valence-electron chi connectivity index (χ0n) is 17.6. The third-order valence-corrected chi connectivity index (χ3v) is 7.66. The lowest BCUT2D eigenvalue weighted by molar-refractivity contribution is -0.125. The van der Waals surface area contributed by atoms with E-state index in [1.165, 1.54) is 51.7 Å². The number of carbonyl (C=O) groups is 1. The number of imidazole rings is 1. The molecule has 1 amide bonds. The Labute approximate surface area is 195 Å². The number of hydrogen-bond donors (Lipinski definition) is 1. The number of benzene rings is 2. The molecule has 1 fully saturated rings. The number of carbonyl (C=O) groups excluding carboxylic acids is 1. The van der Waals surface area contributed by atoms with Crippen molar-refractivity contribution >= 4 is 27.5 Å². The van der Waals surface area contributed by atoms with Crippen molar-refractivity contribution in [3.8, 4) is 0 Å². The third kappa shape index (κ3) is 4.92. The molecule has 1 aromatic heterocycles. The topological polar surface area (TPSA) is 84.3 Å². The summed E-state index contributed by atoms with van der Waals surface area (Å²) in [4.78, 5) is 17.0. The Kier molecular flexibility index (Phi) is 6.51. The predicted molar refractivity (Wildman–Crippen MR) is 118 cm³/mol. The zero-order valence-corrected chi connectivity index (χ0v) is 19.2. The largest absolute Gasteiger partial charge is 0.352 e. The molecule has 0 aliphatic carbocycles. The Bertz CT molecular complexity index is 1280. The van der Waals surface area contributed by atoms with Crippen molar-refractivity contribution in [2.45, 2.75) is 17.5 Å². The van der Waals surface area contributed by atoms with Crippen LogP contribution in [0.4, 0.5) is 8.78 Å². The van der Waals surface area contributed by atoms with Gasteiger partial charge in [-0.25, -0.2) is 22.2 Å². The molecule has 2 unspecified atom stereocenters. The van der Waals surface area contributed by atoms with E-state index in [4.69, 9.17) is 11.6 Å². The summed E-state index contributed by atoms with van der Waals surface area (Å²) >= 11 is 5.80. The number of halogens is 3. The maximum Gasteiger partial charge on any atom is 0.262 e. The van der Waals surface area contributed by atoms with Crippen LogP contribution in [-0.4, -0.2) is 41.3 Å². The minimum atomic E-state index is -3.92. The van der Waals surface area contributed by atoms with Crippen molar-refractivity contribution in [1.29, 1.82) is 0 Å². The second-order valence-corrected chi connectivity index (χ2v) is 10.2. The lowest BCUT2D eigenvalue weighted by atomic mass is 9.88. The van der Waals surface area contributed by atoms with Gasteiger partial charge in [0.1, 0.15) is 11.6 Å². The molecule has 2 atom stereocenters. The predicted octanol–water partition coefficient (Wildman–Crippen LogP) is 3.07. The van der Waals surface area contributed by atoms with Gasteiger partial charge < -0.3 is 9.88 Å². The standard InChI is InChI=1S/C22H21ClF2N4O3S/c1-28-12-21(27-13-28)33(31,32)29-10-17(15-3-5-16(24)6-4-15)18(11-29)22(30)26-9-14-2-7-20(25)19(23)8-14/h2-8,12-13,17-18H,9-11H2,1H3,(H,26,30). The van der Waals surface area contributed by atoms with Gasteiger partial charge in [0.15, 0.2) is 5.03 Å². The molecular formula is C22H21ClF2N4O3S. The molecular weight excluding hydrogens is 474 g/mol. The molecule has 2 heterocycles. The molecule has 1 N–H and O–H groups in total. The Hall–Kier alpha value is -2.82. The smallest absolute Gasteiger partial charge is 0.262 e. The SMILES string of the molecule is Cn1cnc(S(=O)(=O)N2CC(C(=O)NCc3ccc(F)c(Cl)c3)C(c3ccc(F)cc3)C2)c1. The summed E-state index contributed by atoms with van der Waals surface area (Å²) < 4.78 is 55.8. The van der Waals surface area contributed by atoms with Crippen molar-refractivity contribution in [2.75, 3.05) is 13.1 Å². The van der Waals surface area contributed by atoms with E-state index in [0.29, 0.717) is 11.1 Å². The van der Waals surface area contributed by atoms with Gasteiger partial charge in [-0.2, -0.15) is 4.31 Å². The molecule has 0 spiro atoms. The molecule has 4 rings (SSSR count). The fourth-order valence-corrected chi connectivity index (χ4v) is 5.56. The minimum Gasteiger partial charge on any atom is -0.352 e. The van der Waals surface area contributed by atoms with Gasteiger partial charge in [-0.15, -0.1) is 0 Å². The van der Waals surface area contributed by atoms with Crippen LogP contribution in [0.15, 0.2) is 60.0 Å². The van der Waals surface area contributed by atoms with E-state index in [1.54, 1.807) is 19.2 Å². The molecule has 1 saturated heterocycles. The van der Waals surface area contributed by atoms with Crippen molar-refractivity contribution < 1.29 is 22.0 Å². The van der Waals surface area contributed by atoms with Crippen molar-refractivity contribution in [3.63, 3.8) is 0 Å². The Balaban J connectivity index is 1.58. The molecule has 1 aliphatic heterocycles. The molecule has 33 heavy (non-hydrogen) atoms. The van der Waals surface area contributed by atoms with Crippen LogP contribution in [0.2, 0.25) is 5.02 Å². The molecule has 174 valence electrons. The van der Waals surface area contributed by atoms with E-state index < -0.39 is 33.5 Å². The first-order chi connectivity index (χ1) is 15.6. The average Bonchev–Trinajstić information content (AvgIpc) is 3.42. The maximum atomic E-state index is 13.5. The number of amides is 1. The van der Waals surface area contributed by atoms with Crippen molar-refractivity contribution in [2.24, 2.45) is 13.0 Å². The van der Waals surface area contributed by atoms with Gasteiger partial charge in [0.2, 0.25) is 5.91 Å². The van der Waals surface area contributed by atoms with Crippen LogP contribution < -0.4 is 5.32 Å². The van der Waals surface area contributed by atoms with Gasteiger partial charge in [-0.3, -0.25) is 4.79 Å². The fourth-order valence-electron chi connectivity index (χ4n) is 3.90. The molecule has 2 aromatic carbocycles. The van der Waals surface area contributed by atoms with Gasteiger partial charge in [0, 0.05) is 38.8 Å². The molecule has 3 aromatic rings. The average molecular weight is 495 g/mol. The summed E-state index contributed by atoms with van der Waals surface area (Å²) in [5.74, 6) is -2.56. The highest BCUT2D eigenvalue weighted by atomic mass is 35.5. The normalized spacial score (nSPS) is 19.0. The molecule has 0 bridgehead atoms. The fraction of sp³-hybridized carbons (Fsp3) is 0.273. The Morgan fingerprint density at radius 1 is 1.18 bits per heavy atom. The quantitative estimate of drug-likeness (QED) is 0.571. The number of rotatable bonds is 6. The highest BCUT2D eigenvalue weighted by Crippen LogP contribution is 2.36.